The van der Waals surface area contributed by atoms with Crippen molar-refractivity contribution in [3.05, 3.63) is 89.6 Å². The zero-order valence-corrected chi connectivity index (χ0v) is 16.2. The Morgan fingerprint density at radius 1 is 1.00 bits per heavy atom. The highest BCUT2D eigenvalue weighted by molar-refractivity contribution is 7.98. The molecule has 0 aliphatic rings. The van der Waals surface area contributed by atoms with Crippen LogP contribution in [0.4, 0.5) is 0 Å². The average molecular weight is 389 g/mol. The summed E-state index contributed by atoms with van der Waals surface area (Å²) < 4.78 is 6.90. The van der Waals surface area contributed by atoms with Crippen molar-refractivity contribution >= 4 is 28.9 Å². The second-order valence-corrected chi connectivity index (χ2v) is 7.23. The molecule has 28 heavy (non-hydrogen) atoms. The molecule has 2 aromatic heterocycles. The summed E-state index contributed by atoms with van der Waals surface area (Å²) >= 11 is 1.66. The van der Waals surface area contributed by atoms with Gasteiger partial charge in [0, 0.05) is 11.9 Å². The number of imidazole rings is 1. The summed E-state index contributed by atoms with van der Waals surface area (Å²) in [5.74, 6) is 0.425. The largest absolute Gasteiger partial charge is 0.465 e. The maximum absolute atomic E-state index is 11.6. The minimum atomic E-state index is -0.324. The highest BCUT2D eigenvalue weighted by Crippen LogP contribution is 2.27. The quantitative estimate of drug-likeness (QED) is 0.357. The van der Waals surface area contributed by atoms with Crippen molar-refractivity contribution in [1.29, 1.82) is 0 Å². The lowest BCUT2D eigenvalue weighted by atomic mass is 10.1. The molecule has 4 rings (SSSR count). The third-order valence-electron chi connectivity index (χ3n) is 4.40. The van der Waals surface area contributed by atoms with Crippen molar-refractivity contribution in [1.82, 2.24) is 14.5 Å². The molecule has 0 unspecified atom stereocenters. The average Bonchev–Trinajstić information content (AvgIpc) is 3.10. The summed E-state index contributed by atoms with van der Waals surface area (Å²) in [4.78, 5) is 20.9. The fourth-order valence-corrected chi connectivity index (χ4v) is 3.92. The maximum atomic E-state index is 11.6. The van der Waals surface area contributed by atoms with Gasteiger partial charge in [-0.15, -0.1) is 0 Å². The molecule has 0 spiro atoms. The van der Waals surface area contributed by atoms with Gasteiger partial charge in [0.15, 0.2) is 10.8 Å². The van der Waals surface area contributed by atoms with Crippen molar-refractivity contribution in [2.75, 3.05) is 7.11 Å². The first-order valence-electron chi connectivity index (χ1n) is 8.90. The summed E-state index contributed by atoms with van der Waals surface area (Å²) in [6.45, 7) is 0.720. The molecule has 0 bridgehead atoms. The topological polar surface area (TPSA) is 57.0 Å². The maximum Gasteiger partial charge on any atom is 0.337 e. The number of hydrogen-bond acceptors (Lipinski definition) is 5. The van der Waals surface area contributed by atoms with Crippen molar-refractivity contribution < 1.29 is 9.53 Å². The van der Waals surface area contributed by atoms with Crippen LogP contribution in [0, 0.1) is 0 Å². The second kappa shape index (κ2) is 8.27. The molecule has 0 saturated carbocycles. The third-order valence-corrected chi connectivity index (χ3v) is 5.44. The van der Waals surface area contributed by atoms with Gasteiger partial charge >= 0.3 is 5.97 Å². The number of benzene rings is 2. The standard InChI is InChI=1S/C22H19N3O2S/c1-27-21(26)18-11-9-17(10-12-18)15-28-22-24-19-8-5-13-23-20(19)25(22)14-16-6-3-2-4-7-16/h2-13H,14-15H2,1H3. The number of aromatic nitrogens is 3. The minimum absolute atomic E-state index is 0.324. The van der Waals surface area contributed by atoms with E-state index in [1.807, 2.05) is 42.5 Å². The number of nitrogens with zero attached hydrogens (tertiary/aromatic N) is 3. The van der Waals surface area contributed by atoms with Crippen LogP contribution in [-0.4, -0.2) is 27.6 Å². The molecular weight excluding hydrogens is 370 g/mol. The van der Waals surface area contributed by atoms with Gasteiger partial charge in [-0.2, -0.15) is 0 Å². The summed E-state index contributed by atoms with van der Waals surface area (Å²) in [6, 6.07) is 21.7. The van der Waals surface area contributed by atoms with E-state index in [2.05, 4.69) is 21.7 Å². The number of fused-ring (bicyclic) bond motifs is 1. The number of rotatable bonds is 6. The van der Waals surface area contributed by atoms with Gasteiger partial charge in [0.25, 0.3) is 0 Å². The number of hydrogen-bond donors (Lipinski definition) is 0. The summed E-state index contributed by atoms with van der Waals surface area (Å²) in [7, 11) is 1.39. The van der Waals surface area contributed by atoms with Crippen molar-refractivity contribution in [3.63, 3.8) is 0 Å². The molecule has 2 aromatic carbocycles. The van der Waals surface area contributed by atoms with E-state index in [9.17, 15) is 4.79 Å². The molecule has 0 radical (unpaired) electrons. The highest BCUT2D eigenvalue weighted by Gasteiger charge is 2.13. The van der Waals surface area contributed by atoms with Gasteiger partial charge in [0.05, 0.1) is 19.2 Å². The number of esters is 1. The van der Waals surface area contributed by atoms with Crippen LogP contribution in [-0.2, 0) is 17.0 Å². The summed E-state index contributed by atoms with van der Waals surface area (Å²) in [6.07, 6.45) is 1.80. The molecule has 0 N–H and O–H groups in total. The number of thioether (sulfide) groups is 1. The fraction of sp³-hybridized carbons (Fsp3) is 0.136. The number of pyridine rings is 1. The zero-order chi connectivity index (χ0) is 19.3. The van der Waals surface area contributed by atoms with Gasteiger partial charge in [0.2, 0.25) is 0 Å². The number of methoxy groups -OCH3 is 1. The van der Waals surface area contributed by atoms with Gasteiger partial charge < -0.3 is 4.74 Å². The number of ether oxygens (including phenoxy) is 1. The van der Waals surface area contributed by atoms with E-state index in [0.29, 0.717) is 5.56 Å². The molecular formula is C22H19N3O2S. The predicted octanol–water partition coefficient (Wildman–Crippen LogP) is 4.56. The van der Waals surface area contributed by atoms with E-state index in [1.165, 1.54) is 12.7 Å². The molecule has 5 nitrogen and oxygen atoms in total. The fourth-order valence-electron chi connectivity index (χ4n) is 2.96. The highest BCUT2D eigenvalue weighted by atomic mass is 32.2. The van der Waals surface area contributed by atoms with E-state index >= 15 is 0 Å². The first-order chi connectivity index (χ1) is 13.7. The van der Waals surface area contributed by atoms with Crippen LogP contribution in [0.2, 0.25) is 0 Å². The van der Waals surface area contributed by atoms with Crippen LogP contribution in [0.3, 0.4) is 0 Å². The lowest BCUT2D eigenvalue weighted by molar-refractivity contribution is 0.0600. The summed E-state index contributed by atoms with van der Waals surface area (Å²) in [5, 5.41) is 0.926. The van der Waals surface area contributed by atoms with Gasteiger partial charge in [-0.3, -0.25) is 4.57 Å². The molecule has 0 aliphatic carbocycles. The van der Waals surface area contributed by atoms with Crippen LogP contribution in [0.1, 0.15) is 21.5 Å². The van der Waals surface area contributed by atoms with E-state index in [0.717, 1.165) is 34.2 Å². The predicted molar refractivity (Wildman–Crippen MR) is 110 cm³/mol. The Bertz CT molecular complexity index is 1090. The van der Waals surface area contributed by atoms with Crippen LogP contribution in [0.15, 0.2) is 78.1 Å². The molecule has 0 fully saturated rings. The minimum Gasteiger partial charge on any atom is -0.465 e. The van der Waals surface area contributed by atoms with Gasteiger partial charge in [-0.25, -0.2) is 14.8 Å². The molecule has 0 amide bonds. The first-order valence-corrected chi connectivity index (χ1v) is 9.88. The Balaban J connectivity index is 1.58. The van der Waals surface area contributed by atoms with E-state index in [4.69, 9.17) is 9.72 Å². The summed E-state index contributed by atoms with van der Waals surface area (Å²) in [5.41, 5.74) is 4.65. The SMILES string of the molecule is COC(=O)c1ccc(CSc2nc3cccnc3n2Cc2ccccc2)cc1. The van der Waals surface area contributed by atoms with Crippen molar-refractivity contribution in [2.45, 2.75) is 17.5 Å². The van der Waals surface area contributed by atoms with E-state index in [1.54, 1.807) is 30.1 Å². The van der Waals surface area contributed by atoms with E-state index in [-0.39, 0.29) is 5.97 Å². The molecule has 0 saturated heterocycles. The Morgan fingerprint density at radius 2 is 1.79 bits per heavy atom. The number of carbonyl (C=O) groups excluding carboxylic acids is 1. The zero-order valence-electron chi connectivity index (χ0n) is 15.4. The van der Waals surface area contributed by atoms with Gasteiger partial charge in [-0.05, 0) is 35.4 Å². The molecule has 6 heteroatoms. The van der Waals surface area contributed by atoms with Crippen LogP contribution < -0.4 is 0 Å². The van der Waals surface area contributed by atoms with Gasteiger partial charge in [-0.1, -0.05) is 54.2 Å². The Labute approximate surface area is 167 Å². The molecule has 4 aromatic rings. The van der Waals surface area contributed by atoms with Crippen LogP contribution >= 0.6 is 11.8 Å². The van der Waals surface area contributed by atoms with E-state index < -0.39 is 0 Å². The first kappa shape index (κ1) is 18.3. The molecule has 0 aliphatic heterocycles. The lowest BCUT2D eigenvalue weighted by Crippen LogP contribution is -2.03. The third kappa shape index (κ3) is 3.92. The normalized spacial score (nSPS) is 10.9. The van der Waals surface area contributed by atoms with Gasteiger partial charge in [0.1, 0.15) is 5.52 Å². The Hall–Kier alpha value is -3.12. The monoisotopic (exact) mass is 389 g/mol. The Morgan fingerprint density at radius 3 is 2.54 bits per heavy atom. The second-order valence-electron chi connectivity index (χ2n) is 6.29. The molecule has 140 valence electrons. The molecule has 2 heterocycles. The van der Waals surface area contributed by atoms with Crippen molar-refractivity contribution in [3.8, 4) is 0 Å². The Kier molecular flexibility index (Phi) is 5.39. The van der Waals surface area contributed by atoms with Crippen LogP contribution in [0.5, 0.6) is 0 Å². The van der Waals surface area contributed by atoms with Crippen molar-refractivity contribution in [2.24, 2.45) is 0 Å². The number of carbonyl (C=O) groups is 1. The lowest BCUT2D eigenvalue weighted by Gasteiger charge is -2.09. The van der Waals surface area contributed by atoms with Crippen LogP contribution in [0.25, 0.3) is 11.2 Å². The smallest absolute Gasteiger partial charge is 0.337 e. The molecule has 0 atom stereocenters.